The third kappa shape index (κ3) is 9.40. The smallest absolute Gasteiger partial charge is 0.326 e. The Morgan fingerprint density at radius 1 is 0.860 bits per heavy atom. The highest BCUT2D eigenvalue weighted by Crippen LogP contribution is 2.19. The minimum atomic E-state index is -1.18. The average Bonchev–Trinajstić information content (AvgIpc) is 3.40. The predicted octanol–water partition coefficient (Wildman–Crippen LogP) is 1.13. The van der Waals surface area contributed by atoms with Gasteiger partial charge in [-0.2, -0.15) is 0 Å². The van der Waals surface area contributed by atoms with Crippen molar-refractivity contribution in [3.05, 3.63) is 71.9 Å². The molecule has 0 aliphatic heterocycles. The number of carbonyl (C=O) groups is 5. The van der Waals surface area contributed by atoms with E-state index in [1.165, 1.54) is 0 Å². The Kier molecular flexibility index (Phi) is 11.8. The molecule has 0 saturated heterocycles. The van der Waals surface area contributed by atoms with Gasteiger partial charge in [-0.3, -0.25) is 19.2 Å². The topological polar surface area (TPSA) is 210 Å². The van der Waals surface area contributed by atoms with Crippen molar-refractivity contribution in [2.45, 2.75) is 70.1 Å². The van der Waals surface area contributed by atoms with Crippen molar-refractivity contribution >= 4 is 40.5 Å². The Balaban J connectivity index is 1.89. The van der Waals surface area contributed by atoms with E-state index in [1.807, 2.05) is 37.3 Å². The minimum Gasteiger partial charge on any atom is -0.480 e. The maximum absolute atomic E-state index is 13.8. The lowest BCUT2D eigenvalue weighted by molar-refractivity contribution is -0.143. The van der Waals surface area contributed by atoms with E-state index >= 15 is 0 Å². The molecule has 3 aromatic rings. The molecule has 0 saturated carbocycles. The molecule has 5 unspecified atom stereocenters. The number of nitrogens with two attached hydrogens (primary N) is 2. The van der Waals surface area contributed by atoms with E-state index in [0.717, 1.165) is 22.0 Å². The number of rotatable bonds is 16. The maximum Gasteiger partial charge on any atom is 0.326 e. The van der Waals surface area contributed by atoms with Gasteiger partial charge < -0.3 is 37.5 Å². The van der Waals surface area contributed by atoms with Crippen LogP contribution in [0.25, 0.3) is 10.9 Å². The maximum atomic E-state index is 13.8. The fourth-order valence-corrected chi connectivity index (χ4v) is 4.71. The molecule has 1 heterocycles. The van der Waals surface area contributed by atoms with Crippen LogP contribution in [0.3, 0.4) is 0 Å². The molecule has 0 spiro atoms. The number of primary amides is 1. The van der Waals surface area contributed by atoms with Gasteiger partial charge in [0.25, 0.3) is 0 Å². The summed E-state index contributed by atoms with van der Waals surface area (Å²) in [6, 6.07) is 11.9. The Bertz CT molecular complexity index is 1420. The number of fused-ring (bicyclic) bond motifs is 1. The molecule has 4 amide bonds. The number of carbonyl (C=O) groups excluding carboxylic acids is 4. The summed E-state index contributed by atoms with van der Waals surface area (Å²) in [6.07, 6.45) is 2.29. The van der Waals surface area contributed by atoms with Gasteiger partial charge in [-0.05, 0) is 29.5 Å². The molecule has 9 N–H and O–H groups in total. The molecule has 0 aliphatic rings. The SMILES string of the molecule is CCC(C)C(NC(=O)C(Cc1ccccc1)NC(=O)C(Cc1c[nH]c2ccccc12)NC(=O)C(N)CCC(N)=O)C(=O)O. The standard InChI is InChI=1S/C31H40N6O6/c1-3-18(2)27(31(42)43)37-30(41)24(15-19-9-5-4-6-10-19)36-29(40)25(35-28(39)22(32)13-14-26(33)38)16-20-17-34-23-12-8-7-11-21(20)23/h4-12,17-18,22,24-25,27,34H,3,13-16,32H2,1-2H3,(H2,33,38)(H,35,39)(H,36,40)(H,37,41)(H,42,43). The number of benzene rings is 2. The van der Waals surface area contributed by atoms with Crippen LogP contribution in [0.15, 0.2) is 60.8 Å². The Morgan fingerprint density at radius 2 is 1.47 bits per heavy atom. The van der Waals surface area contributed by atoms with Crippen LogP contribution in [0.4, 0.5) is 0 Å². The summed E-state index contributed by atoms with van der Waals surface area (Å²) in [5.74, 6) is -4.13. The number of hydrogen-bond donors (Lipinski definition) is 7. The molecule has 230 valence electrons. The van der Waals surface area contributed by atoms with Crippen molar-refractivity contribution in [3.8, 4) is 0 Å². The van der Waals surface area contributed by atoms with Crippen LogP contribution in [-0.2, 0) is 36.8 Å². The molecule has 12 heteroatoms. The van der Waals surface area contributed by atoms with Crippen LogP contribution in [0.2, 0.25) is 0 Å². The predicted molar refractivity (Wildman–Crippen MR) is 161 cm³/mol. The van der Waals surface area contributed by atoms with Crippen LogP contribution in [0, 0.1) is 5.92 Å². The number of aromatic amines is 1. The number of H-pyrrole nitrogens is 1. The third-order valence-corrected chi connectivity index (χ3v) is 7.46. The molecule has 0 fully saturated rings. The summed E-state index contributed by atoms with van der Waals surface area (Å²) in [6.45, 7) is 3.54. The molecule has 1 aromatic heterocycles. The lowest BCUT2D eigenvalue weighted by Gasteiger charge is -2.26. The average molecular weight is 593 g/mol. The molecule has 0 bridgehead atoms. The van der Waals surface area contributed by atoms with E-state index in [4.69, 9.17) is 11.5 Å². The van der Waals surface area contributed by atoms with E-state index in [9.17, 15) is 29.1 Å². The Labute approximate surface area is 250 Å². The molecule has 2 aromatic carbocycles. The van der Waals surface area contributed by atoms with Gasteiger partial charge in [0.15, 0.2) is 0 Å². The molecular formula is C31H40N6O6. The van der Waals surface area contributed by atoms with E-state index in [2.05, 4.69) is 20.9 Å². The number of aromatic nitrogens is 1. The van der Waals surface area contributed by atoms with Gasteiger partial charge in [0.2, 0.25) is 23.6 Å². The minimum absolute atomic E-state index is 0.00613. The Hall–Kier alpha value is -4.71. The van der Waals surface area contributed by atoms with Crippen molar-refractivity contribution in [1.82, 2.24) is 20.9 Å². The van der Waals surface area contributed by atoms with Crippen molar-refractivity contribution in [2.24, 2.45) is 17.4 Å². The lowest BCUT2D eigenvalue weighted by atomic mass is 9.97. The second kappa shape index (κ2) is 15.5. The van der Waals surface area contributed by atoms with E-state index in [1.54, 1.807) is 37.4 Å². The monoisotopic (exact) mass is 592 g/mol. The molecule has 5 atom stereocenters. The van der Waals surface area contributed by atoms with E-state index < -0.39 is 53.8 Å². The van der Waals surface area contributed by atoms with Crippen LogP contribution in [0.1, 0.15) is 44.2 Å². The summed E-state index contributed by atoms with van der Waals surface area (Å²) in [7, 11) is 0. The van der Waals surface area contributed by atoms with Gasteiger partial charge in [0.05, 0.1) is 6.04 Å². The fraction of sp³-hybridized carbons (Fsp3) is 0.387. The highest BCUT2D eigenvalue weighted by Gasteiger charge is 2.32. The van der Waals surface area contributed by atoms with Crippen molar-refractivity contribution in [1.29, 1.82) is 0 Å². The number of para-hydroxylation sites is 1. The number of aliphatic carboxylic acids is 1. The highest BCUT2D eigenvalue weighted by molar-refractivity contribution is 5.95. The number of carboxylic acids is 1. The second-order valence-corrected chi connectivity index (χ2v) is 10.7. The lowest BCUT2D eigenvalue weighted by Crippen LogP contribution is -2.58. The van der Waals surface area contributed by atoms with Crippen molar-refractivity contribution in [2.75, 3.05) is 0 Å². The van der Waals surface area contributed by atoms with Crippen LogP contribution >= 0.6 is 0 Å². The van der Waals surface area contributed by atoms with Gasteiger partial charge >= 0.3 is 5.97 Å². The van der Waals surface area contributed by atoms with Gasteiger partial charge in [0.1, 0.15) is 18.1 Å². The van der Waals surface area contributed by atoms with Crippen LogP contribution in [-0.4, -0.2) is 63.9 Å². The van der Waals surface area contributed by atoms with Crippen molar-refractivity contribution in [3.63, 3.8) is 0 Å². The zero-order chi connectivity index (χ0) is 31.5. The van der Waals surface area contributed by atoms with Gasteiger partial charge in [-0.25, -0.2) is 4.79 Å². The molecular weight excluding hydrogens is 552 g/mol. The first-order valence-corrected chi connectivity index (χ1v) is 14.3. The van der Waals surface area contributed by atoms with Crippen molar-refractivity contribution < 1.29 is 29.1 Å². The zero-order valence-corrected chi connectivity index (χ0v) is 24.3. The summed E-state index contributed by atoms with van der Waals surface area (Å²) in [5.41, 5.74) is 13.5. The molecule has 3 rings (SSSR count). The number of carboxylic acid groups (broad SMARTS) is 1. The summed E-state index contributed by atoms with van der Waals surface area (Å²) < 4.78 is 0. The van der Waals surface area contributed by atoms with Crippen LogP contribution < -0.4 is 27.4 Å². The first-order chi connectivity index (χ1) is 20.5. The normalized spacial score (nSPS) is 14.6. The second-order valence-electron chi connectivity index (χ2n) is 10.7. The first kappa shape index (κ1) is 32.8. The number of nitrogens with one attached hydrogen (secondary N) is 4. The molecule has 0 aliphatic carbocycles. The summed E-state index contributed by atoms with van der Waals surface area (Å²) in [4.78, 5) is 66.5. The summed E-state index contributed by atoms with van der Waals surface area (Å²) >= 11 is 0. The highest BCUT2D eigenvalue weighted by atomic mass is 16.4. The van der Waals surface area contributed by atoms with Gasteiger partial charge in [-0.1, -0.05) is 68.8 Å². The first-order valence-electron chi connectivity index (χ1n) is 14.3. The Morgan fingerprint density at radius 3 is 2.12 bits per heavy atom. The number of amides is 4. The summed E-state index contributed by atoms with van der Waals surface area (Å²) in [5, 5.41) is 18.6. The zero-order valence-electron chi connectivity index (χ0n) is 24.3. The van der Waals surface area contributed by atoms with Gasteiger partial charge in [0, 0.05) is 36.4 Å². The molecule has 43 heavy (non-hydrogen) atoms. The van der Waals surface area contributed by atoms with Gasteiger partial charge in [-0.15, -0.1) is 0 Å². The molecule has 12 nitrogen and oxygen atoms in total. The van der Waals surface area contributed by atoms with Crippen LogP contribution in [0.5, 0.6) is 0 Å². The van der Waals surface area contributed by atoms with E-state index in [0.29, 0.717) is 6.42 Å². The fourth-order valence-electron chi connectivity index (χ4n) is 4.71. The van der Waals surface area contributed by atoms with E-state index in [-0.39, 0.29) is 31.6 Å². The quantitative estimate of drug-likeness (QED) is 0.129. The number of hydrogen-bond acceptors (Lipinski definition) is 6. The third-order valence-electron chi connectivity index (χ3n) is 7.46. The largest absolute Gasteiger partial charge is 0.480 e. The molecule has 0 radical (unpaired) electrons.